The van der Waals surface area contributed by atoms with Gasteiger partial charge in [0, 0.05) is 6.04 Å². The molecule has 2 unspecified atom stereocenters. The summed E-state index contributed by atoms with van der Waals surface area (Å²) in [6.45, 7) is 8.90. The lowest BCUT2D eigenvalue weighted by Gasteiger charge is -2.38. The second kappa shape index (κ2) is 7.62. The molecule has 2 aliphatic rings. The Labute approximate surface area is 130 Å². The van der Waals surface area contributed by atoms with Crippen LogP contribution < -0.4 is 5.32 Å². The van der Waals surface area contributed by atoms with E-state index in [1.54, 1.807) is 0 Å². The van der Waals surface area contributed by atoms with Crippen LogP contribution in [0.3, 0.4) is 0 Å². The summed E-state index contributed by atoms with van der Waals surface area (Å²) in [5, 5.41) is 3.58. The van der Waals surface area contributed by atoms with Crippen molar-refractivity contribution in [3.8, 4) is 0 Å². The SMILES string of the molecule is CCCC1CCC(N2C(=O)C(CC)NC2CC(C)C)CC1. The Bertz CT molecular complexity index is 334. The van der Waals surface area contributed by atoms with Gasteiger partial charge in [0.2, 0.25) is 5.91 Å². The van der Waals surface area contributed by atoms with Gasteiger partial charge < -0.3 is 4.90 Å². The normalized spacial score (nSPS) is 34.0. The molecule has 2 rings (SSSR count). The van der Waals surface area contributed by atoms with E-state index >= 15 is 0 Å². The lowest BCUT2D eigenvalue weighted by atomic mass is 9.82. The molecule has 3 nitrogen and oxygen atoms in total. The molecule has 1 heterocycles. The van der Waals surface area contributed by atoms with Crippen molar-refractivity contribution in [1.82, 2.24) is 10.2 Å². The number of hydrogen-bond donors (Lipinski definition) is 1. The maximum absolute atomic E-state index is 12.7. The van der Waals surface area contributed by atoms with E-state index in [1.807, 2.05) is 0 Å². The second-order valence-electron chi connectivity index (χ2n) is 7.48. The van der Waals surface area contributed by atoms with Crippen LogP contribution in [-0.2, 0) is 4.79 Å². The number of amides is 1. The molecule has 2 atom stereocenters. The third kappa shape index (κ3) is 4.00. The predicted molar refractivity (Wildman–Crippen MR) is 88.0 cm³/mol. The standard InChI is InChI=1S/C18H34N2O/c1-5-7-14-8-10-15(11-9-14)20-17(12-13(3)4)19-16(6-2)18(20)21/h13-17,19H,5-12H2,1-4H3. The Morgan fingerprint density at radius 2 is 1.86 bits per heavy atom. The Morgan fingerprint density at radius 1 is 1.19 bits per heavy atom. The fraction of sp³-hybridized carbons (Fsp3) is 0.944. The number of nitrogens with one attached hydrogen (secondary N) is 1. The van der Waals surface area contributed by atoms with Gasteiger partial charge in [0.15, 0.2) is 0 Å². The van der Waals surface area contributed by atoms with Crippen molar-refractivity contribution in [3.05, 3.63) is 0 Å². The predicted octanol–water partition coefficient (Wildman–Crippen LogP) is 3.93. The fourth-order valence-corrected chi connectivity index (χ4v) is 4.19. The highest BCUT2D eigenvalue weighted by Crippen LogP contribution is 2.33. The highest BCUT2D eigenvalue weighted by molar-refractivity contribution is 5.84. The first-order valence-electron chi connectivity index (χ1n) is 9.15. The van der Waals surface area contributed by atoms with E-state index in [0.29, 0.717) is 17.9 Å². The van der Waals surface area contributed by atoms with Gasteiger partial charge in [-0.3, -0.25) is 10.1 Å². The van der Waals surface area contributed by atoms with Crippen LogP contribution in [0.4, 0.5) is 0 Å². The van der Waals surface area contributed by atoms with Crippen LogP contribution in [0, 0.1) is 11.8 Å². The molecule has 122 valence electrons. The van der Waals surface area contributed by atoms with E-state index in [0.717, 1.165) is 18.8 Å². The zero-order chi connectivity index (χ0) is 15.4. The van der Waals surface area contributed by atoms with Crippen LogP contribution in [0.1, 0.15) is 79.1 Å². The average molecular weight is 294 g/mol. The van der Waals surface area contributed by atoms with Crippen molar-refractivity contribution in [2.75, 3.05) is 0 Å². The Morgan fingerprint density at radius 3 is 2.38 bits per heavy atom. The topological polar surface area (TPSA) is 32.3 Å². The average Bonchev–Trinajstić information content (AvgIpc) is 2.75. The van der Waals surface area contributed by atoms with E-state index in [1.165, 1.54) is 38.5 Å². The van der Waals surface area contributed by atoms with Gasteiger partial charge in [-0.25, -0.2) is 0 Å². The summed E-state index contributed by atoms with van der Waals surface area (Å²) >= 11 is 0. The first-order chi connectivity index (χ1) is 10.1. The summed E-state index contributed by atoms with van der Waals surface area (Å²) in [4.78, 5) is 14.9. The molecule has 0 bridgehead atoms. The van der Waals surface area contributed by atoms with Crippen molar-refractivity contribution < 1.29 is 4.79 Å². The number of hydrogen-bond acceptors (Lipinski definition) is 2. The number of carbonyl (C=O) groups excluding carboxylic acids is 1. The molecular formula is C18H34N2O. The van der Waals surface area contributed by atoms with Crippen LogP contribution in [-0.4, -0.2) is 29.1 Å². The molecule has 0 aromatic carbocycles. The van der Waals surface area contributed by atoms with E-state index in [2.05, 4.69) is 37.9 Å². The zero-order valence-electron chi connectivity index (χ0n) is 14.4. The number of rotatable bonds is 6. The van der Waals surface area contributed by atoms with E-state index in [-0.39, 0.29) is 12.2 Å². The van der Waals surface area contributed by atoms with Crippen molar-refractivity contribution in [3.63, 3.8) is 0 Å². The largest absolute Gasteiger partial charge is 0.323 e. The molecule has 1 aliphatic heterocycles. The number of carbonyl (C=O) groups is 1. The zero-order valence-corrected chi connectivity index (χ0v) is 14.4. The van der Waals surface area contributed by atoms with Gasteiger partial charge in [0.05, 0.1) is 12.2 Å². The van der Waals surface area contributed by atoms with E-state index < -0.39 is 0 Å². The monoisotopic (exact) mass is 294 g/mol. The molecule has 1 saturated heterocycles. The molecular weight excluding hydrogens is 260 g/mol. The molecule has 21 heavy (non-hydrogen) atoms. The minimum absolute atomic E-state index is 0.0575. The summed E-state index contributed by atoms with van der Waals surface area (Å²) in [6, 6.07) is 0.542. The first-order valence-corrected chi connectivity index (χ1v) is 9.15. The second-order valence-corrected chi connectivity index (χ2v) is 7.48. The maximum Gasteiger partial charge on any atom is 0.241 e. The molecule has 1 aliphatic carbocycles. The quantitative estimate of drug-likeness (QED) is 0.805. The molecule has 3 heteroatoms. The highest BCUT2D eigenvalue weighted by atomic mass is 16.2. The van der Waals surface area contributed by atoms with Gasteiger partial charge in [-0.05, 0) is 50.4 Å². The van der Waals surface area contributed by atoms with Gasteiger partial charge in [-0.15, -0.1) is 0 Å². The third-order valence-electron chi connectivity index (χ3n) is 5.29. The Hall–Kier alpha value is -0.570. The van der Waals surface area contributed by atoms with Gasteiger partial charge in [0.1, 0.15) is 0 Å². The smallest absolute Gasteiger partial charge is 0.241 e. The third-order valence-corrected chi connectivity index (χ3v) is 5.29. The van der Waals surface area contributed by atoms with Crippen LogP contribution in [0.15, 0.2) is 0 Å². The van der Waals surface area contributed by atoms with Gasteiger partial charge in [-0.1, -0.05) is 40.5 Å². The lowest BCUT2D eigenvalue weighted by molar-refractivity contribution is -0.133. The summed E-state index contributed by atoms with van der Waals surface area (Å²) in [7, 11) is 0. The van der Waals surface area contributed by atoms with Crippen LogP contribution in [0.5, 0.6) is 0 Å². The Kier molecular flexibility index (Phi) is 6.09. The Balaban J connectivity index is 1.99. The van der Waals surface area contributed by atoms with E-state index in [9.17, 15) is 4.79 Å². The molecule has 0 radical (unpaired) electrons. The van der Waals surface area contributed by atoms with Gasteiger partial charge >= 0.3 is 0 Å². The van der Waals surface area contributed by atoms with Crippen molar-refractivity contribution in [1.29, 1.82) is 0 Å². The molecule has 1 N–H and O–H groups in total. The summed E-state index contributed by atoms with van der Waals surface area (Å²) < 4.78 is 0. The maximum atomic E-state index is 12.7. The lowest BCUT2D eigenvalue weighted by Crippen LogP contribution is -2.46. The molecule has 2 fully saturated rings. The van der Waals surface area contributed by atoms with Crippen LogP contribution in [0.2, 0.25) is 0 Å². The molecule has 0 aromatic rings. The molecule has 0 spiro atoms. The van der Waals surface area contributed by atoms with Crippen molar-refractivity contribution in [2.45, 2.75) is 97.3 Å². The molecule has 1 saturated carbocycles. The van der Waals surface area contributed by atoms with Crippen molar-refractivity contribution in [2.24, 2.45) is 11.8 Å². The van der Waals surface area contributed by atoms with E-state index in [4.69, 9.17) is 0 Å². The van der Waals surface area contributed by atoms with Gasteiger partial charge in [-0.2, -0.15) is 0 Å². The summed E-state index contributed by atoms with van der Waals surface area (Å²) in [5.74, 6) is 1.90. The summed E-state index contributed by atoms with van der Waals surface area (Å²) in [6.07, 6.45) is 9.98. The number of nitrogens with zero attached hydrogens (tertiary/aromatic N) is 1. The fourth-order valence-electron chi connectivity index (χ4n) is 4.19. The minimum atomic E-state index is 0.0575. The summed E-state index contributed by atoms with van der Waals surface area (Å²) in [5.41, 5.74) is 0. The molecule has 1 amide bonds. The molecule has 0 aromatic heterocycles. The van der Waals surface area contributed by atoms with Gasteiger partial charge in [0.25, 0.3) is 0 Å². The minimum Gasteiger partial charge on any atom is -0.323 e. The van der Waals surface area contributed by atoms with Crippen LogP contribution in [0.25, 0.3) is 0 Å². The highest BCUT2D eigenvalue weighted by Gasteiger charge is 2.42. The van der Waals surface area contributed by atoms with Crippen molar-refractivity contribution >= 4 is 5.91 Å². The van der Waals surface area contributed by atoms with Crippen LogP contribution >= 0.6 is 0 Å². The first kappa shape index (κ1) is 16.8.